The van der Waals surface area contributed by atoms with E-state index in [1.165, 1.54) is 12.1 Å². The standard InChI is InChI=1S/C11H16N2O4S/c1-8-2-4-9(5-3-8)18(16,17)13-7-6-10(12)11(14)15/h2-5,10,13H,6-7,12H2,1H3,(H,14,15). The van der Waals surface area contributed by atoms with Crippen molar-refractivity contribution >= 4 is 16.0 Å². The fourth-order valence-electron chi connectivity index (χ4n) is 1.27. The Kier molecular flexibility index (Phi) is 4.83. The van der Waals surface area contributed by atoms with Crippen LogP contribution in [0.15, 0.2) is 29.2 Å². The molecule has 0 aliphatic carbocycles. The van der Waals surface area contributed by atoms with E-state index in [4.69, 9.17) is 10.8 Å². The lowest BCUT2D eigenvalue weighted by molar-refractivity contribution is -0.138. The molecule has 1 aromatic rings. The number of sulfonamides is 1. The van der Waals surface area contributed by atoms with Gasteiger partial charge in [0.05, 0.1) is 4.90 Å². The molecular formula is C11H16N2O4S. The molecule has 0 amide bonds. The largest absolute Gasteiger partial charge is 0.480 e. The highest BCUT2D eigenvalue weighted by Crippen LogP contribution is 2.09. The van der Waals surface area contributed by atoms with Gasteiger partial charge in [-0.15, -0.1) is 0 Å². The smallest absolute Gasteiger partial charge is 0.320 e. The Hall–Kier alpha value is -1.44. The van der Waals surface area contributed by atoms with Gasteiger partial charge in [-0.1, -0.05) is 17.7 Å². The molecule has 0 radical (unpaired) electrons. The maximum absolute atomic E-state index is 11.8. The maximum Gasteiger partial charge on any atom is 0.320 e. The van der Waals surface area contributed by atoms with Gasteiger partial charge in [0.25, 0.3) is 0 Å². The van der Waals surface area contributed by atoms with Gasteiger partial charge in [0.2, 0.25) is 10.0 Å². The minimum atomic E-state index is -3.60. The normalized spacial score (nSPS) is 13.2. The first-order chi connectivity index (χ1) is 8.33. The van der Waals surface area contributed by atoms with Crippen LogP contribution in [0, 0.1) is 6.92 Å². The van der Waals surface area contributed by atoms with E-state index < -0.39 is 22.0 Å². The van der Waals surface area contributed by atoms with Gasteiger partial charge in [-0.3, -0.25) is 4.79 Å². The van der Waals surface area contributed by atoms with Crippen LogP contribution < -0.4 is 10.5 Å². The number of carbonyl (C=O) groups is 1. The molecule has 0 aliphatic rings. The van der Waals surface area contributed by atoms with Crippen molar-refractivity contribution < 1.29 is 18.3 Å². The Bertz CT molecular complexity index is 510. The summed E-state index contributed by atoms with van der Waals surface area (Å²) < 4.78 is 25.9. The van der Waals surface area contributed by atoms with Crippen molar-refractivity contribution in [3.05, 3.63) is 29.8 Å². The van der Waals surface area contributed by atoms with Crippen molar-refractivity contribution in [3.63, 3.8) is 0 Å². The molecule has 0 heterocycles. The maximum atomic E-state index is 11.8. The summed E-state index contributed by atoms with van der Waals surface area (Å²) in [5.41, 5.74) is 6.23. The lowest BCUT2D eigenvalue weighted by Crippen LogP contribution is -2.35. The molecule has 0 saturated heterocycles. The van der Waals surface area contributed by atoms with Gasteiger partial charge in [0, 0.05) is 6.54 Å². The monoisotopic (exact) mass is 272 g/mol. The average Bonchev–Trinajstić information content (AvgIpc) is 2.29. The molecule has 0 bridgehead atoms. The summed E-state index contributed by atoms with van der Waals surface area (Å²) in [6.07, 6.45) is 0.0421. The molecular weight excluding hydrogens is 256 g/mol. The van der Waals surface area contributed by atoms with E-state index in [2.05, 4.69) is 4.72 Å². The van der Waals surface area contributed by atoms with Crippen LogP contribution in [-0.2, 0) is 14.8 Å². The van der Waals surface area contributed by atoms with E-state index in [-0.39, 0.29) is 17.9 Å². The van der Waals surface area contributed by atoms with Crippen molar-refractivity contribution in [2.45, 2.75) is 24.3 Å². The fourth-order valence-corrected chi connectivity index (χ4v) is 2.32. The molecule has 0 aliphatic heterocycles. The summed E-state index contributed by atoms with van der Waals surface area (Å²) in [6, 6.07) is 5.31. The molecule has 1 rings (SSSR count). The first-order valence-electron chi connectivity index (χ1n) is 5.37. The molecule has 1 aromatic carbocycles. The van der Waals surface area contributed by atoms with Crippen LogP contribution in [0.1, 0.15) is 12.0 Å². The molecule has 0 saturated carbocycles. The molecule has 18 heavy (non-hydrogen) atoms. The van der Waals surface area contributed by atoms with E-state index in [9.17, 15) is 13.2 Å². The summed E-state index contributed by atoms with van der Waals surface area (Å²) in [5.74, 6) is -1.15. The minimum absolute atomic E-state index is 0.0102. The molecule has 0 aromatic heterocycles. The van der Waals surface area contributed by atoms with Gasteiger partial charge < -0.3 is 10.8 Å². The summed E-state index contributed by atoms with van der Waals surface area (Å²) >= 11 is 0. The predicted octanol–water partition coefficient (Wildman–Crippen LogP) is 0.0753. The van der Waals surface area contributed by atoms with Crippen LogP contribution in [0.3, 0.4) is 0 Å². The molecule has 4 N–H and O–H groups in total. The summed E-state index contributed by atoms with van der Waals surface area (Å²) in [5, 5.41) is 8.56. The first-order valence-corrected chi connectivity index (χ1v) is 6.86. The molecule has 0 fully saturated rings. The van der Waals surface area contributed by atoms with Crippen molar-refractivity contribution in [3.8, 4) is 0 Å². The third kappa shape index (κ3) is 4.10. The Morgan fingerprint density at radius 3 is 2.44 bits per heavy atom. The first kappa shape index (κ1) is 14.6. The lowest BCUT2D eigenvalue weighted by atomic mass is 10.2. The number of carboxylic acid groups (broad SMARTS) is 1. The third-order valence-corrected chi connectivity index (χ3v) is 3.87. The zero-order valence-electron chi connectivity index (χ0n) is 9.96. The van der Waals surface area contributed by atoms with Gasteiger partial charge in [-0.2, -0.15) is 0 Å². The second-order valence-corrected chi connectivity index (χ2v) is 5.71. The van der Waals surface area contributed by atoms with Crippen molar-refractivity contribution in [2.75, 3.05) is 6.54 Å². The quantitative estimate of drug-likeness (QED) is 0.679. The Balaban J connectivity index is 2.60. The van der Waals surface area contributed by atoms with Crippen LogP contribution >= 0.6 is 0 Å². The summed E-state index contributed by atoms with van der Waals surface area (Å²) in [7, 11) is -3.60. The number of hydrogen-bond acceptors (Lipinski definition) is 4. The number of rotatable bonds is 6. The number of carboxylic acids is 1. The summed E-state index contributed by atoms with van der Waals surface area (Å²) in [6.45, 7) is 1.85. The highest BCUT2D eigenvalue weighted by Gasteiger charge is 2.15. The number of aryl methyl sites for hydroxylation is 1. The zero-order valence-corrected chi connectivity index (χ0v) is 10.8. The highest BCUT2D eigenvalue weighted by molar-refractivity contribution is 7.89. The Morgan fingerprint density at radius 1 is 1.39 bits per heavy atom. The minimum Gasteiger partial charge on any atom is -0.480 e. The van der Waals surface area contributed by atoms with Crippen LogP contribution in [0.5, 0.6) is 0 Å². The van der Waals surface area contributed by atoms with Crippen LogP contribution in [0.25, 0.3) is 0 Å². The van der Waals surface area contributed by atoms with Crippen LogP contribution in [0.2, 0.25) is 0 Å². The van der Waals surface area contributed by atoms with Gasteiger partial charge >= 0.3 is 5.97 Å². The van der Waals surface area contributed by atoms with Crippen molar-refractivity contribution in [1.29, 1.82) is 0 Å². The molecule has 7 heteroatoms. The highest BCUT2D eigenvalue weighted by atomic mass is 32.2. The van der Waals surface area contributed by atoms with Gasteiger partial charge in [-0.05, 0) is 25.5 Å². The topological polar surface area (TPSA) is 109 Å². The molecule has 100 valence electrons. The third-order valence-electron chi connectivity index (χ3n) is 2.40. The van der Waals surface area contributed by atoms with Crippen molar-refractivity contribution in [2.24, 2.45) is 5.73 Å². The molecule has 0 spiro atoms. The SMILES string of the molecule is Cc1ccc(S(=O)(=O)NCCC(N)C(=O)O)cc1. The van der Waals surface area contributed by atoms with Gasteiger partial charge in [-0.25, -0.2) is 13.1 Å². The predicted molar refractivity (Wildman–Crippen MR) is 66.6 cm³/mol. The van der Waals surface area contributed by atoms with E-state index in [0.717, 1.165) is 5.56 Å². The Morgan fingerprint density at radius 2 is 1.94 bits per heavy atom. The van der Waals surface area contributed by atoms with E-state index in [1.807, 2.05) is 6.92 Å². The number of benzene rings is 1. The number of hydrogen-bond donors (Lipinski definition) is 3. The van der Waals surface area contributed by atoms with E-state index in [1.54, 1.807) is 12.1 Å². The number of nitrogens with one attached hydrogen (secondary N) is 1. The van der Waals surface area contributed by atoms with Gasteiger partial charge in [0.1, 0.15) is 6.04 Å². The zero-order chi connectivity index (χ0) is 13.8. The average molecular weight is 272 g/mol. The molecule has 1 unspecified atom stereocenters. The van der Waals surface area contributed by atoms with Crippen LogP contribution in [0.4, 0.5) is 0 Å². The van der Waals surface area contributed by atoms with E-state index in [0.29, 0.717) is 0 Å². The summed E-state index contributed by atoms with van der Waals surface area (Å²) in [4.78, 5) is 10.6. The second kappa shape index (κ2) is 5.94. The van der Waals surface area contributed by atoms with E-state index >= 15 is 0 Å². The number of aliphatic carboxylic acids is 1. The molecule has 1 atom stereocenters. The number of nitrogens with two attached hydrogens (primary N) is 1. The van der Waals surface area contributed by atoms with Crippen LogP contribution in [-0.4, -0.2) is 32.1 Å². The second-order valence-electron chi connectivity index (χ2n) is 3.94. The molecule has 6 nitrogen and oxygen atoms in total. The Labute approximate surface area is 106 Å². The lowest BCUT2D eigenvalue weighted by Gasteiger charge is -2.09. The van der Waals surface area contributed by atoms with Crippen molar-refractivity contribution in [1.82, 2.24) is 4.72 Å². The fraction of sp³-hybridized carbons (Fsp3) is 0.364. The van der Waals surface area contributed by atoms with Gasteiger partial charge in [0.15, 0.2) is 0 Å².